The van der Waals surface area contributed by atoms with Gasteiger partial charge in [0.2, 0.25) is 0 Å². The molecule has 0 aliphatic heterocycles. The van der Waals surface area contributed by atoms with E-state index in [1.54, 1.807) is 25.3 Å². The second-order valence-corrected chi connectivity index (χ2v) is 3.57. The second kappa shape index (κ2) is 7.28. The van der Waals surface area contributed by atoms with E-state index in [1.807, 2.05) is 18.2 Å². The van der Waals surface area contributed by atoms with Gasteiger partial charge in [0.25, 0.3) is 0 Å². The molecule has 90 valence electrons. The second-order valence-electron chi connectivity index (χ2n) is 3.57. The molecular weight excluding hydrogens is 214 g/mol. The molecule has 0 heterocycles. The van der Waals surface area contributed by atoms with E-state index >= 15 is 0 Å². The Hall–Kier alpha value is -2.03. The Labute approximate surface area is 102 Å². The fourth-order valence-corrected chi connectivity index (χ4v) is 1.26. The first kappa shape index (κ1) is 13.0. The minimum Gasteiger partial charge on any atom is -0.466 e. The summed E-state index contributed by atoms with van der Waals surface area (Å²) < 4.78 is 4.58. The van der Waals surface area contributed by atoms with Gasteiger partial charge in [0.1, 0.15) is 0 Å². The molecule has 0 saturated heterocycles. The van der Waals surface area contributed by atoms with E-state index in [9.17, 15) is 4.79 Å². The van der Waals surface area contributed by atoms with Crippen molar-refractivity contribution in [3.63, 3.8) is 0 Å². The van der Waals surface area contributed by atoms with Crippen LogP contribution in [-0.2, 0) is 16.1 Å². The molecule has 0 aliphatic rings. The van der Waals surface area contributed by atoms with Crippen LogP contribution in [0.25, 0.3) is 0 Å². The van der Waals surface area contributed by atoms with Crippen molar-refractivity contribution in [3.8, 4) is 0 Å². The smallest absolute Gasteiger partial charge is 0.333 e. The molecule has 1 rings (SSSR count). The zero-order chi connectivity index (χ0) is 12.5. The first-order valence-electron chi connectivity index (χ1n) is 5.43. The third-order valence-electron chi connectivity index (χ3n) is 2.22. The Morgan fingerprint density at radius 1 is 1.35 bits per heavy atom. The number of rotatable bonds is 5. The molecule has 0 bridgehead atoms. The lowest BCUT2D eigenvalue weighted by molar-refractivity contribution is -0.136. The number of hydrogen-bond acceptors (Lipinski definition) is 3. The zero-order valence-corrected chi connectivity index (χ0v) is 10.1. The topological polar surface area (TPSA) is 38.3 Å². The average Bonchev–Trinajstić information content (AvgIpc) is 2.38. The summed E-state index contributed by atoms with van der Waals surface area (Å²) in [4.78, 5) is 11.1. The molecule has 3 heteroatoms. The summed E-state index contributed by atoms with van der Waals surface area (Å²) in [6.07, 6.45) is 5.30. The highest BCUT2D eigenvalue weighted by Crippen LogP contribution is 1.98. The molecule has 0 aromatic heterocycles. The molecule has 1 aromatic carbocycles. The molecule has 0 radical (unpaired) electrons. The van der Waals surface area contributed by atoms with Gasteiger partial charge in [-0.1, -0.05) is 36.4 Å². The van der Waals surface area contributed by atoms with Crippen molar-refractivity contribution in [1.82, 2.24) is 5.32 Å². The van der Waals surface area contributed by atoms with E-state index in [0.717, 1.165) is 6.54 Å². The summed E-state index contributed by atoms with van der Waals surface area (Å²) in [5, 5.41) is 3.14. The summed E-state index contributed by atoms with van der Waals surface area (Å²) in [6.45, 7) is 2.48. The number of methoxy groups -OCH3 is 1. The molecule has 0 amide bonds. The highest BCUT2D eigenvalue weighted by molar-refractivity contribution is 5.87. The normalized spacial score (nSPS) is 11.5. The summed E-state index contributed by atoms with van der Waals surface area (Å²) in [5.41, 5.74) is 1.79. The number of hydrogen-bond donors (Lipinski definition) is 1. The minimum absolute atomic E-state index is 0.308. The lowest BCUT2D eigenvalue weighted by Gasteiger charge is -1.99. The molecule has 3 nitrogen and oxygen atoms in total. The van der Waals surface area contributed by atoms with E-state index in [-0.39, 0.29) is 5.97 Å². The van der Waals surface area contributed by atoms with Gasteiger partial charge in [0, 0.05) is 12.1 Å². The minimum atomic E-state index is -0.308. The van der Waals surface area contributed by atoms with Gasteiger partial charge in [-0.25, -0.2) is 4.79 Å². The van der Waals surface area contributed by atoms with Crippen LogP contribution in [0.15, 0.2) is 54.3 Å². The monoisotopic (exact) mass is 231 g/mol. The van der Waals surface area contributed by atoms with Gasteiger partial charge >= 0.3 is 5.97 Å². The Bertz CT molecular complexity index is 407. The summed E-state index contributed by atoms with van der Waals surface area (Å²) in [7, 11) is 1.37. The molecule has 0 fully saturated rings. The molecule has 1 N–H and O–H groups in total. The van der Waals surface area contributed by atoms with Crippen LogP contribution >= 0.6 is 0 Å². The summed E-state index contributed by atoms with van der Waals surface area (Å²) in [6, 6.07) is 10.1. The Kier molecular flexibility index (Phi) is 5.58. The van der Waals surface area contributed by atoms with Crippen LogP contribution in [-0.4, -0.2) is 13.1 Å². The number of nitrogens with one attached hydrogen (secondary N) is 1. The van der Waals surface area contributed by atoms with Crippen molar-refractivity contribution in [3.05, 3.63) is 59.8 Å². The molecule has 0 aliphatic carbocycles. The number of benzene rings is 1. The zero-order valence-electron chi connectivity index (χ0n) is 10.1. The quantitative estimate of drug-likeness (QED) is 0.480. The first-order valence-corrected chi connectivity index (χ1v) is 5.43. The van der Waals surface area contributed by atoms with Gasteiger partial charge in [-0.15, -0.1) is 0 Å². The fourth-order valence-electron chi connectivity index (χ4n) is 1.26. The number of ether oxygens (including phenoxy) is 1. The highest BCUT2D eigenvalue weighted by Gasteiger charge is 1.99. The van der Waals surface area contributed by atoms with E-state index in [1.165, 1.54) is 12.7 Å². The Morgan fingerprint density at radius 3 is 2.71 bits per heavy atom. The molecule has 17 heavy (non-hydrogen) atoms. The maximum absolute atomic E-state index is 11.1. The Balaban J connectivity index is 2.34. The first-order chi connectivity index (χ1) is 8.24. The predicted molar refractivity (Wildman–Crippen MR) is 68.2 cm³/mol. The van der Waals surface area contributed by atoms with Crippen LogP contribution in [0.2, 0.25) is 0 Å². The van der Waals surface area contributed by atoms with Gasteiger partial charge in [0.05, 0.1) is 7.11 Å². The maximum Gasteiger partial charge on any atom is 0.333 e. The molecule has 0 atom stereocenters. The van der Waals surface area contributed by atoms with Crippen LogP contribution in [0, 0.1) is 0 Å². The highest BCUT2D eigenvalue weighted by atomic mass is 16.5. The lowest BCUT2D eigenvalue weighted by Crippen LogP contribution is -2.04. The standard InChI is InChI=1S/C14H17NO2/c1-12(14(16)17-2)7-6-10-15-11-13-8-4-3-5-9-13/h3-10,15H,11H2,1-2H3/b10-6-,12-7+. The van der Waals surface area contributed by atoms with Crippen molar-refractivity contribution in [2.75, 3.05) is 7.11 Å². The SMILES string of the molecule is COC(=O)/C(C)=C/C=C\NCc1ccccc1. The maximum atomic E-state index is 11.1. The largest absolute Gasteiger partial charge is 0.466 e. The third-order valence-corrected chi connectivity index (χ3v) is 2.22. The summed E-state index contributed by atoms with van der Waals surface area (Å²) in [5.74, 6) is -0.308. The molecular formula is C14H17NO2. The Morgan fingerprint density at radius 2 is 2.06 bits per heavy atom. The van der Waals surface area contributed by atoms with Crippen molar-refractivity contribution in [2.45, 2.75) is 13.5 Å². The van der Waals surface area contributed by atoms with Crippen molar-refractivity contribution in [2.24, 2.45) is 0 Å². The van der Waals surface area contributed by atoms with Crippen LogP contribution in [0.3, 0.4) is 0 Å². The van der Waals surface area contributed by atoms with Crippen molar-refractivity contribution >= 4 is 5.97 Å². The van der Waals surface area contributed by atoms with Crippen LogP contribution in [0.5, 0.6) is 0 Å². The summed E-state index contributed by atoms with van der Waals surface area (Å²) >= 11 is 0. The van der Waals surface area contributed by atoms with Crippen LogP contribution in [0.1, 0.15) is 12.5 Å². The van der Waals surface area contributed by atoms with E-state index in [4.69, 9.17) is 0 Å². The number of carbonyl (C=O) groups is 1. The van der Waals surface area contributed by atoms with E-state index in [0.29, 0.717) is 5.57 Å². The van der Waals surface area contributed by atoms with Gasteiger partial charge in [-0.05, 0) is 24.8 Å². The number of carbonyl (C=O) groups excluding carboxylic acids is 1. The van der Waals surface area contributed by atoms with Crippen molar-refractivity contribution < 1.29 is 9.53 Å². The van der Waals surface area contributed by atoms with Gasteiger partial charge in [0.15, 0.2) is 0 Å². The van der Waals surface area contributed by atoms with Gasteiger partial charge in [-0.2, -0.15) is 0 Å². The average molecular weight is 231 g/mol. The molecule has 1 aromatic rings. The van der Waals surface area contributed by atoms with E-state index in [2.05, 4.69) is 22.2 Å². The van der Waals surface area contributed by atoms with Crippen LogP contribution < -0.4 is 5.32 Å². The van der Waals surface area contributed by atoms with Crippen LogP contribution in [0.4, 0.5) is 0 Å². The van der Waals surface area contributed by atoms with Crippen molar-refractivity contribution in [1.29, 1.82) is 0 Å². The van der Waals surface area contributed by atoms with Gasteiger partial charge < -0.3 is 10.1 Å². The number of esters is 1. The molecule has 0 saturated carbocycles. The predicted octanol–water partition coefficient (Wildman–Crippen LogP) is 2.41. The molecule has 0 spiro atoms. The number of allylic oxidation sites excluding steroid dienone is 2. The third kappa shape index (κ3) is 5.02. The van der Waals surface area contributed by atoms with Gasteiger partial charge in [-0.3, -0.25) is 0 Å². The van der Waals surface area contributed by atoms with E-state index < -0.39 is 0 Å². The molecule has 0 unspecified atom stereocenters. The lowest BCUT2D eigenvalue weighted by atomic mass is 10.2. The fraction of sp³-hybridized carbons (Fsp3) is 0.214.